The molecule has 0 bridgehead atoms. The van der Waals surface area contributed by atoms with E-state index in [4.69, 9.17) is 20.9 Å². The number of nitrogens with two attached hydrogens (primary N) is 2. The molecule has 0 aliphatic rings. The number of carbonyl (C=O) groups is 1. The number of carbonyl (C=O) groups excluding carboxylic acids is 1. The fraction of sp³-hybridized carbons (Fsp3) is 0.133. The molecule has 0 radical (unpaired) electrons. The van der Waals surface area contributed by atoms with Gasteiger partial charge in [-0.25, -0.2) is 4.39 Å². The van der Waals surface area contributed by atoms with Crippen LogP contribution in [-0.2, 0) is 6.61 Å². The van der Waals surface area contributed by atoms with E-state index in [1.54, 1.807) is 18.2 Å². The fourth-order valence-electron chi connectivity index (χ4n) is 1.76. The second-order valence-electron chi connectivity index (χ2n) is 4.36. The van der Waals surface area contributed by atoms with Gasteiger partial charge >= 0.3 is 0 Å². The van der Waals surface area contributed by atoms with Crippen molar-refractivity contribution >= 4 is 11.6 Å². The molecule has 1 amide bonds. The Balaban J connectivity index is 2.20. The van der Waals surface area contributed by atoms with Crippen molar-refractivity contribution in [1.29, 1.82) is 0 Å². The molecule has 0 aromatic heterocycles. The number of methoxy groups -OCH3 is 1. The topological polar surface area (TPSA) is 87.6 Å². The second-order valence-corrected chi connectivity index (χ2v) is 4.36. The van der Waals surface area contributed by atoms with Crippen LogP contribution in [0.3, 0.4) is 0 Å². The zero-order valence-electron chi connectivity index (χ0n) is 11.4. The van der Waals surface area contributed by atoms with E-state index >= 15 is 0 Å². The van der Waals surface area contributed by atoms with Crippen LogP contribution in [0, 0.1) is 5.82 Å². The van der Waals surface area contributed by atoms with Gasteiger partial charge < -0.3 is 20.9 Å². The van der Waals surface area contributed by atoms with Crippen LogP contribution in [-0.4, -0.2) is 13.0 Å². The Kier molecular flexibility index (Phi) is 4.27. The minimum atomic E-state index is -0.628. The van der Waals surface area contributed by atoms with E-state index in [0.717, 1.165) is 0 Å². The van der Waals surface area contributed by atoms with Gasteiger partial charge in [-0.15, -0.1) is 0 Å². The molecule has 0 atom stereocenters. The summed E-state index contributed by atoms with van der Waals surface area (Å²) in [5.41, 5.74) is 11.8. The Labute approximate surface area is 121 Å². The molecule has 0 aliphatic heterocycles. The minimum absolute atomic E-state index is 0.0790. The van der Waals surface area contributed by atoms with Crippen LogP contribution in [0.15, 0.2) is 36.4 Å². The van der Waals surface area contributed by atoms with Crippen molar-refractivity contribution in [3.8, 4) is 11.5 Å². The van der Waals surface area contributed by atoms with Gasteiger partial charge in [0.15, 0.2) is 0 Å². The molecule has 0 spiro atoms. The molecule has 0 heterocycles. The highest BCUT2D eigenvalue weighted by Gasteiger charge is 2.09. The number of anilines is 1. The summed E-state index contributed by atoms with van der Waals surface area (Å²) in [6.07, 6.45) is 0. The van der Waals surface area contributed by atoms with E-state index in [2.05, 4.69) is 0 Å². The minimum Gasteiger partial charge on any atom is -0.497 e. The monoisotopic (exact) mass is 290 g/mol. The van der Waals surface area contributed by atoms with Crippen LogP contribution < -0.4 is 20.9 Å². The molecular formula is C15H15FN2O3. The Morgan fingerprint density at radius 1 is 1.24 bits per heavy atom. The number of amides is 1. The molecule has 0 saturated heterocycles. The predicted molar refractivity (Wildman–Crippen MR) is 76.7 cm³/mol. The molecule has 0 unspecified atom stereocenters. The number of benzene rings is 2. The van der Waals surface area contributed by atoms with Gasteiger partial charge in [-0.1, -0.05) is 0 Å². The Morgan fingerprint density at radius 2 is 2.00 bits per heavy atom. The second kappa shape index (κ2) is 6.13. The smallest absolute Gasteiger partial charge is 0.248 e. The Hall–Kier alpha value is -2.76. The third kappa shape index (κ3) is 3.42. The number of rotatable bonds is 5. The summed E-state index contributed by atoms with van der Waals surface area (Å²) < 4.78 is 24.2. The quantitative estimate of drug-likeness (QED) is 0.825. The molecule has 5 nitrogen and oxygen atoms in total. The maximum atomic E-state index is 13.7. The molecule has 0 aliphatic carbocycles. The van der Waals surface area contributed by atoms with Crippen molar-refractivity contribution in [2.45, 2.75) is 6.61 Å². The number of hydrogen-bond acceptors (Lipinski definition) is 4. The number of ether oxygens (including phenoxy) is 2. The average Bonchev–Trinajstić information content (AvgIpc) is 2.47. The van der Waals surface area contributed by atoms with Crippen LogP contribution in [0.25, 0.3) is 0 Å². The van der Waals surface area contributed by atoms with Crippen LogP contribution >= 0.6 is 0 Å². The van der Waals surface area contributed by atoms with Crippen LogP contribution in [0.4, 0.5) is 10.1 Å². The first-order chi connectivity index (χ1) is 10.0. The maximum Gasteiger partial charge on any atom is 0.248 e. The molecule has 2 rings (SSSR count). The van der Waals surface area contributed by atoms with Crippen molar-refractivity contribution in [3.05, 3.63) is 53.3 Å². The summed E-state index contributed by atoms with van der Waals surface area (Å²) in [7, 11) is 1.52. The molecule has 0 saturated carbocycles. The van der Waals surface area contributed by atoms with Crippen molar-refractivity contribution in [2.75, 3.05) is 12.8 Å². The standard InChI is InChI=1S/C15H15FN2O3/c1-20-11-3-5-13(17)14(7-11)21-8-10-6-9(15(18)19)2-4-12(10)16/h2-7H,8,17H2,1H3,(H2,18,19). The summed E-state index contributed by atoms with van der Waals surface area (Å²) in [5, 5.41) is 0. The van der Waals surface area contributed by atoms with E-state index in [1.165, 1.54) is 25.3 Å². The van der Waals surface area contributed by atoms with Gasteiger partial charge in [0.25, 0.3) is 0 Å². The number of nitrogen functional groups attached to an aromatic ring is 1. The molecular weight excluding hydrogens is 275 g/mol. The predicted octanol–water partition coefficient (Wildman–Crippen LogP) is 2.09. The first-order valence-electron chi connectivity index (χ1n) is 6.16. The van der Waals surface area contributed by atoms with E-state index in [0.29, 0.717) is 17.2 Å². The van der Waals surface area contributed by atoms with Gasteiger partial charge in [-0.2, -0.15) is 0 Å². The molecule has 2 aromatic rings. The van der Waals surface area contributed by atoms with Gasteiger partial charge in [0.1, 0.15) is 23.9 Å². The van der Waals surface area contributed by atoms with E-state index in [-0.39, 0.29) is 17.7 Å². The van der Waals surface area contributed by atoms with Crippen LogP contribution in [0.5, 0.6) is 11.5 Å². The maximum absolute atomic E-state index is 13.7. The number of halogens is 1. The van der Waals surface area contributed by atoms with Gasteiger partial charge in [0.05, 0.1) is 12.8 Å². The van der Waals surface area contributed by atoms with Gasteiger partial charge in [-0.05, 0) is 30.3 Å². The van der Waals surface area contributed by atoms with E-state index < -0.39 is 11.7 Å². The van der Waals surface area contributed by atoms with E-state index in [9.17, 15) is 9.18 Å². The molecule has 0 fully saturated rings. The lowest BCUT2D eigenvalue weighted by Crippen LogP contribution is -2.12. The summed E-state index contributed by atoms with van der Waals surface area (Å²) in [6.45, 7) is -0.0790. The largest absolute Gasteiger partial charge is 0.497 e. The lowest BCUT2D eigenvalue weighted by Gasteiger charge is -2.11. The molecule has 110 valence electrons. The zero-order chi connectivity index (χ0) is 15.4. The molecule has 2 aromatic carbocycles. The van der Waals surface area contributed by atoms with Crippen LogP contribution in [0.1, 0.15) is 15.9 Å². The highest BCUT2D eigenvalue weighted by atomic mass is 19.1. The number of hydrogen-bond donors (Lipinski definition) is 2. The summed E-state index contributed by atoms with van der Waals surface area (Å²) in [4.78, 5) is 11.1. The first-order valence-corrected chi connectivity index (χ1v) is 6.16. The molecule has 4 N–H and O–H groups in total. The highest BCUT2D eigenvalue weighted by Crippen LogP contribution is 2.27. The Morgan fingerprint density at radius 3 is 2.67 bits per heavy atom. The lowest BCUT2D eigenvalue weighted by molar-refractivity contribution is 0.1000. The molecule has 21 heavy (non-hydrogen) atoms. The SMILES string of the molecule is COc1ccc(N)c(OCc2cc(C(N)=O)ccc2F)c1. The van der Waals surface area contributed by atoms with Gasteiger partial charge in [-0.3, -0.25) is 4.79 Å². The lowest BCUT2D eigenvalue weighted by atomic mass is 10.1. The molecule has 6 heteroatoms. The summed E-state index contributed by atoms with van der Waals surface area (Å²) >= 11 is 0. The summed E-state index contributed by atoms with van der Waals surface area (Å²) in [5.74, 6) is -0.164. The first kappa shape index (κ1) is 14.6. The average molecular weight is 290 g/mol. The highest BCUT2D eigenvalue weighted by molar-refractivity contribution is 5.92. The normalized spacial score (nSPS) is 10.2. The Bertz CT molecular complexity index is 674. The van der Waals surface area contributed by atoms with Crippen molar-refractivity contribution in [1.82, 2.24) is 0 Å². The summed E-state index contributed by atoms with van der Waals surface area (Å²) in [6, 6.07) is 8.77. The van der Waals surface area contributed by atoms with Crippen molar-refractivity contribution in [2.24, 2.45) is 5.73 Å². The van der Waals surface area contributed by atoms with E-state index in [1.807, 2.05) is 0 Å². The van der Waals surface area contributed by atoms with Crippen molar-refractivity contribution in [3.63, 3.8) is 0 Å². The van der Waals surface area contributed by atoms with Crippen LogP contribution in [0.2, 0.25) is 0 Å². The van der Waals surface area contributed by atoms with Gasteiger partial charge in [0.2, 0.25) is 5.91 Å². The van der Waals surface area contributed by atoms with Crippen molar-refractivity contribution < 1.29 is 18.7 Å². The number of primary amides is 1. The fourth-order valence-corrected chi connectivity index (χ4v) is 1.76. The third-order valence-electron chi connectivity index (χ3n) is 2.93. The zero-order valence-corrected chi connectivity index (χ0v) is 11.4. The third-order valence-corrected chi connectivity index (χ3v) is 2.93. The van der Waals surface area contributed by atoms with Gasteiger partial charge in [0, 0.05) is 17.2 Å².